The highest BCUT2D eigenvalue weighted by Gasteiger charge is 2.20. The fraction of sp³-hybridized carbons (Fsp3) is 0.333. The van der Waals surface area contributed by atoms with Crippen LogP contribution in [0.2, 0.25) is 0 Å². The molecule has 0 aliphatic rings. The van der Waals surface area contributed by atoms with Gasteiger partial charge in [-0.1, -0.05) is 30.3 Å². The predicted molar refractivity (Wildman–Crippen MR) is 103 cm³/mol. The van der Waals surface area contributed by atoms with Crippen LogP contribution in [0.1, 0.15) is 25.1 Å². The van der Waals surface area contributed by atoms with Crippen LogP contribution >= 0.6 is 0 Å². The molecule has 0 saturated carbocycles. The first-order valence-corrected chi connectivity index (χ1v) is 8.91. The van der Waals surface area contributed by atoms with Crippen LogP contribution in [-0.2, 0) is 17.9 Å². The fourth-order valence-electron chi connectivity index (χ4n) is 3.02. The second kappa shape index (κ2) is 7.60. The van der Waals surface area contributed by atoms with Gasteiger partial charge in [-0.05, 0) is 43.7 Å². The molecule has 2 aromatic carbocycles. The standard InChI is InChI=1S/C21H25N3O2/c1-5-24-14-19(15(2)22-24)13-23(4)21(25)16(3)26-20-11-10-17-8-6-7-9-18(17)12-20/h6-12,14,16H,5,13H2,1-4H3. The number of amides is 1. The topological polar surface area (TPSA) is 47.4 Å². The molecule has 1 unspecified atom stereocenters. The summed E-state index contributed by atoms with van der Waals surface area (Å²) in [5.41, 5.74) is 2.01. The zero-order valence-electron chi connectivity index (χ0n) is 15.8. The third-order valence-corrected chi connectivity index (χ3v) is 4.54. The third kappa shape index (κ3) is 3.87. The Kier molecular flexibility index (Phi) is 5.26. The van der Waals surface area contributed by atoms with E-state index in [-0.39, 0.29) is 5.91 Å². The molecule has 0 spiro atoms. The summed E-state index contributed by atoms with van der Waals surface area (Å²) in [7, 11) is 1.80. The molecule has 0 radical (unpaired) electrons. The van der Waals surface area contributed by atoms with E-state index in [1.54, 1.807) is 18.9 Å². The maximum Gasteiger partial charge on any atom is 0.263 e. The van der Waals surface area contributed by atoms with Gasteiger partial charge in [0.2, 0.25) is 0 Å². The molecule has 5 heteroatoms. The van der Waals surface area contributed by atoms with E-state index in [1.807, 2.05) is 61.1 Å². The summed E-state index contributed by atoms with van der Waals surface area (Å²) in [5.74, 6) is 0.648. The van der Waals surface area contributed by atoms with Crippen LogP contribution in [-0.4, -0.2) is 33.7 Å². The van der Waals surface area contributed by atoms with E-state index in [9.17, 15) is 4.79 Å². The number of hydrogen-bond donors (Lipinski definition) is 0. The quantitative estimate of drug-likeness (QED) is 0.679. The van der Waals surface area contributed by atoms with Crippen molar-refractivity contribution in [1.82, 2.24) is 14.7 Å². The summed E-state index contributed by atoms with van der Waals surface area (Å²) < 4.78 is 7.77. The van der Waals surface area contributed by atoms with Crippen molar-refractivity contribution in [3.05, 3.63) is 59.9 Å². The molecule has 3 rings (SSSR count). The van der Waals surface area contributed by atoms with Crippen molar-refractivity contribution in [2.24, 2.45) is 0 Å². The smallest absolute Gasteiger partial charge is 0.263 e. The summed E-state index contributed by atoms with van der Waals surface area (Å²) in [5, 5.41) is 6.68. The van der Waals surface area contributed by atoms with Crippen molar-refractivity contribution < 1.29 is 9.53 Å². The Labute approximate surface area is 154 Å². The Bertz CT molecular complexity index is 917. The van der Waals surface area contributed by atoms with Crippen molar-refractivity contribution >= 4 is 16.7 Å². The van der Waals surface area contributed by atoms with Gasteiger partial charge in [-0.25, -0.2) is 0 Å². The van der Waals surface area contributed by atoms with Gasteiger partial charge in [0.05, 0.1) is 5.69 Å². The SMILES string of the molecule is CCn1cc(CN(C)C(=O)C(C)Oc2ccc3ccccc3c2)c(C)n1. The van der Waals surface area contributed by atoms with Gasteiger partial charge in [0.25, 0.3) is 5.91 Å². The summed E-state index contributed by atoms with van der Waals surface area (Å²) in [6.45, 7) is 7.14. The summed E-state index contributed by atoms with van der Waals surface area (Å²) in [4.78, 5) is 14.4. The van der Waals surface area contributed by atoms with Crippen molar-refractivity contribution in [3.8, 4) is 5.75 Å². The van der Waals surface area contributed by atoms with Gasteiger partial charge in [0, 0.05) is 31.9 Å². The highest BCUT2D eigenvalue weighted by molar-refractivity contribution is 5.84. The van der Waals surface area contributed by atoms with Gasteiger partial charge in [-0.2, -0.15) is 5.10 Å². The molecule has 0 aliphatic carbocycles. The van der Waals surface area contributed by atoms with E-state index in [0.717, 1.165) is 28.6 Å². The zero-order chi connectivity index (χ0) is 18.7. The maximum absolute atomic E-state index is 12.7. The lowest BCUT2D eigenvalue weighted by Crippen LogP contribution is -2.37. The van der Waals surface area contributed by atoms with Crippen LogP contribution in [0.5, 0.6) is 5.75 Å². The molecular formula is C21H25N3O2. The van der Waals surface area contributed by atoms with Crippen LogP contribution in [0.4, 0.5) is 0 Å². The third-order valence-electron chi connectivity index (χ3n) is 4.54. The van der Waals surface area contributed by atoms with E-state index in [2.05, 4.69) is 11.2 Å². The van der Waals surface area contributed by atoms with Crippen molar-refractivity contribution in [2.75, 3.05) is 7.05 Å². The molecule has 0 fully saturated rings. The number of hydrogen-bond acceptors (Lipinski definition) is 3. The molecule has 5 nitrogen and oxygen atoms in total. The maximum atomic E-state index is 12.7. The molecule has 1 atom stereocenters. The average molecular weight is 351 g/mol. The number of nitrogens with zero attached hydrogens (tertiary/aromatic N) is 3. The molecule has 1 amide bonds. The largest absolute Gasteiger partial charge is 0.481 e. The van der Waals surface area contributed by atoms with Gasteiger partial charge in [0.15, 0.2) is 6.10 Å². The molecule has 0 N–H and O–H groups in total. The average Bonchev–Trinajstić information content (AvgIpc) is 3.00. The van der Waals surface area contributed by atoms with Crippen LogP contribution in [0.15, 0.2) is 48.7 Å². The minimum atomic E-state index is -0.553. The number of carbonyl (C=O) groups is 1. The summed E-state index contributed by atoms with van der Waals surface area (Å²) >= 11 is 0. The predicted octanol–water partition coefficient (Wildman–Crippen LogP) is 3.79. The number of fused-ring (bicyclic) bond motifs is 1. The molecule has 1 heterocycles. The first kappa shape index (κ1) is 18.0. The molecule has 26 heavy (non-hydrogen) atoms. The Morgan fingerprint density at radius 2 is 1.96 bits per heavy atom. The number of benzene rings is 2. The number of carbonyl (C=O) groups excluding carboxylic acids is 1. The van der Waals surface area contributed by atoms with Crippen LogP contribution < -0.4 is 4.74 Å². The highest BCUT2D eigenvalue weighted by atomic mass is 16.5. The lowest BCUT2D eigenvalue weighted by atomic mass is 10.1. The minimum absolute atomic E-state index is 0.0539. The Balaban J connectivity index is 1.66. The van der Waals surface area contributed by atoms with E-state index in [0.29, 0.717) is 12.3 Å². The Morgan fingerprint density at radius 1 is 1.23 bits per heavy atom. The second-order valence-electron chi connectivity index (χ2n) is 6.56. The van der Waals surface area contributed by atoms with Gasteiger partial charge >= 0.3 is 0 Å². The van der Waals surface area contributed by atoms with Gasteiger partial charge in [-0.3, -0.25) is 9.48 Å². The first-order valence-electron chi connectivity index (χ1n) is 8.91. The van der Waals surface area contributed by atoms with E-state index in [4.69, 9.17) is 4.74 Å². The lowest BCUT2D eigenvalue weighted by Gasteiger charge is -2.22. The van der Waals surface area contributed by atoms with E-state index in [1.165, 1.54) is 0 Å². The number of likely N-dealkylation sites (N-methyl/N-ethyl adjacent to an activating group) is 1. The Hall–Kier alpha value is -2.82. The van der Waals surface area contributed by atoms with Gasteiger partial charge < -0.3 is 9.64 Å². The zero-order valence-corrected chi connectivity index (χ0v) is 15.8. The van der Waals surface area contributed by atoms with Crippen LogP contribution in [0, 0.1) is 6.92 Å². The summed E-state index contributed by atoms with van der Waals surface area (Å²) in [6, 6.07) is 14.0. The number of ether oxygens (including phenoxy) is 1. The molecule has 0 saturated heterocycles. The second-order valence-corrected chi connectivity index (χ2v) is 6.56. The molecular weight excluding hydrogens is 326 g/mol. The van der Waals surface area contributed by atoms with E-state index >= 15 is 0 Å². The number of rotatable bonds is 6. The van der Waals surface area contributed by atoms with Crippen molar-refractivity contribution in [1.29, 1.82) is 0 Å². The van der Waals surface area contributed by atoms with Crippen LogP contribution in [0.3, 0.4) is 0 Å². The van der Waals surface area contributed by atoms with E-state index < -0.39 is 6.10 Å². The van der Waals surface area contributed by atoms with Gasteiger partial charge in [0.1, 0.15) is 5.75 Å². The highest BCUT2D eigenvalue weighted by Crippen LogP contribution is 2.22. The molecule has 1 aromatic heterocycles. The van der Waals surface area contributed by atoms with Crippen molar-refractivity contribution in [3.63, 3.8) is 0 Å². The number of aromatic nitrogens is 2. The number of aryl methyl sites for hydroxylation is 2. The summed E-state index contributed by atoms with van der Waals surface area (Å²) in [6.07, 6.45) is 1.44. The van der Waals surface area contributed by atoms with Crippen molar-refractivity contribution in [2.45, 2.75) is 40.0 Å². The molecule has 0 aliphatic heterocycles. The lowest BCUT2D eigenvalue weighted by molar-refractivity contribution is -0.137. The molecule has 3 aromatic rings. The van der Waals surface area contributed by atoms with Gasteiger partial charge in [-0.15, -0.1) is 0 Å². The molecule has 136 valence electrons. The monoisotopic (exact) mass is 351 g/mol. The first-order chi connectivity index (χ1) is 12.5. The van der Waals surface area contributed by atoms with Crippen LogP contribution in [0.25, 0.3) is 10.8 Å². The molecule has 0 bridgehead atoms. The fourth-order valence-corrected chi connectivity index (χ4v) is 3.02. The normalized spacial score (nSPS) is 12.2. The minimum Gasteiger partial charge on any atom is -0.481 e. The Morgan fingerprint density at radius 3 is 2.65 bits per heavy atom.